The molecule has 6 rings (SSSR count). The normalized spacial score (nSPS) is 16.1. The second-order valence-electron chi connectivity index (χ2n) is 9.85. The first-order valence-electron chi connectivity index (χ1n) is 12.7. The number of carbonyl (C=O) groups is 4. The van der Waals surface area contributed by atoms with Gasteiger partial charge in [0.1, 0.15) is 5.82 Å². The third kappa shape index (κ3) is 4.47. The fourth-order valence-corrected chi connectivity index (χ4v) is 5.21. The van der Waals surface area contributed by atoms with Gasteiger partial charge in [0.15, 0.2) is 0 Å². The Morgan fingerprint density at radius 2 is 1.90 bits per heavy atom. The number of anilines is 3. The Balaban J connectivity index is 1.18. The molecule has 40 heavy (non-hydrogen) atoms. The van der Waals surface area contributed by atoms with Gasteiger partial charge in [-0.25, -0.2) is 4.98 Å². The number of aryl methyl sites for hydroxylation is 1. The van der Waals surface area contributed by atoms with E-state index in [1.165, 1.54) is 6.20 Å². The third-order valence-corrected chi connectivity index (χ3v) is 7.21. The molecule has 2 aromatic carbocycles. The highest BCUT2D eigenvalue weighted by Crippen LogP contribution is 2.33. The predicted molar refractivity (Wildman–Crippen MR) is 148 cm³/mol. The molecule has 3 amide bonds. The average molecular weight is 536 g/mol. The van der Waals surface area contributed by atoms with E-state index in [4.69, 9.17) is 5.73 Å². The maximum atomic E-state index is 13.5. The second-order valence-corrected chi connectivity index (χ2v) is 9.85. The van der Waals surface area contributed by atoms with Crippen LogP contribution in [0.1, 0.15) is 49.1 Å². The number of nitrogen functional groups attached to an aromatic ring is 1. The number of amides is 3. The Bertz CT molecular complexity index is 1710. The summed E-state index contributed by atoms with van der Waals surface area (Å²) in [4.78, 5) is 55.7. The number of pyridine rings is 1. The van der Waals surface area contributed by atoms with Crippen molar-refractivity contribution < 1.29 is 19.2 Å². The highest BCUT2D eigenvalue weighted by molar-refractivity contribution is 6.51. The minimum atomic E-state index is -0.642. The van der Waals surface area contributed by atoms with Crippen LogP contribution in [0.4, 0.5) is 17.2 Å². The number of nitrogens with one attached hydrogen (secondary N) is 2. The summed E-state index contributed by atoms with van der Waals surface area (Å²) in [7, 11) is 1.78. The molecule has 0 aliphatic carbocycles. The van der Waals surface area contributed by atoms with Gasteiger partial charge in [-0.2, -0.15) is 5.10 Å². The molecule has 1 fully saturated rings. The van der Waals surface area contributed by atoms with Gasteiger partial charge in [0.25, 0.3) is 23.5 Å². The van der Waals surface area contributed by atoms with Gasteiger partial charge in [0.05, 0.1) is 28.2 Å². The average Bonchev–Trinajstić information content (AvgIpc) is 3.65. The fourth-order valence-electron chi connectivity index (χ4n) is 5.21. The maximum Gasteiger partial charge on any atom is 0.296 e. The summed E-state index contributed by atoms with van der Waals surface area (Å²) in [6, 6.07) is 15.6. The van der Waals surface area contributed by atoms with Crippen molar-refractivity contribution in [2.45, 2.75) is 12.3 Å². The van der Waals surface area contributed by atoms with E-state index in [9.17, 15) is 19.2 Å². The number of rotatable bonds is 5. The summed E-state index contributed by atoms with van der Waals surface area (Å²) in [6.07, 6.45) is 3.95. The Labute approximate surface area is 229 Å². The molecule has 0 saturated carbocycles. The smallest absolute Gasteiger partial charge is 0.296 e. The molecule has 11 heteroatoms. The highest BCUT2D eigenvalue weighted by Gasteiger charge is 2.32. The van der Waals surface area contributed by atoms with E-state index in [1.54, 1.807) is 65.3 Å². The molecule has 4 heterocycles. The first kappa shape index (κ1) is 25.0. The van der Waals surface area contributed by atoms with Crippen LogP contribution in [0.2, 0.25) is 0 Å². The van der Waals surface area contributed by atoms with Gasteiger partial charge in [-0.15, -0.1) is 0 Å². The van der Waals surface area contributed by atoms with Crippen molar-refractivity contribution in [3.05, 3.63) is 89.4 Å². The quantitative estimate of drug-likeness (QED) is 0.332. The van der Waals surface area contributed by atoms with Crippen LogP contribution in [-0.2, 0) is 11.8 Å². The minimum Gasteiger partial charge on any atom is -0.383 e. The van der Waals surface area contributed by atoms with Crippen molar-refractivity contribution in [2.75, 3.05) is 29.5 Å². The number of carbonyl (C=O) groups excluding carboxylic acids is 4. The van der Waals surface area contributed by atoms with Crippen molar-refractivity contribution >= 4 is 40.7 Å². The minimum absolute atomic E-state index is 0.0623. The number of nitrogens with zero attached hydrogens (tertiary/aromatic N) is 4. The topological polar surface area (TPSA) is 152 Å². The molecule has 2 aliphatic rings. The van der Waals surface area contributed by atoms with Crippen LogP contribution in [0.15, 0.2) is 67.0 Å². The van der Waals surface area contributed by atoms with E-state index in [-0.39, 0.29) is 29.1 Å². The van der Waals surface area contributed by atoms with Gasteiger partial charge in [0.2, 0.25) is 0 Å². The van der Waals surface area contributed by atoms with Gasteiger partial charge in [-0.1, -0.05) is 18.2 Å². The molecule has 2 aliphatic heterocycles. The van der Waals surface area contributed by atoms with E-state index >= 15 is 0 Å². The lowest BCUT2D eigenvalue weighted by molar-refractivity contribution is -0.112. The van der Waals surface area contributed by atoms with Crippen molar-refractivity contribution in [2.24, 2.45) is 7.05 Å². The summed E-state index contributed by atoms with van der Waals surface area (Å²) < 4.78 is 1.64. The molecule has 0 unspecified atom stereocenters. The van der Waals surface area contributed by atoms with E-state index in [0.29, 0.717) is 47.7 Å². The largest absolute Gasteiger partial charge is 0.383 e. The van der Waals surface area contributed by atoms with Crippen LogP contribution in [-0.4, -0.2) is 56.3 Å². The zero-order valence-corrected chi connectivity index (χ0v) is 21.5. The first-order valence-corrected chi connectivity index (χ1v) is 12.7. The van der Waals surface area contributed by atoms with Crippen LogP contribution in [0.25, 0.3) is 11.1 Å². The highest BCUT2D eigenvalue weighted by atomic mass is 16.2. The van der Waals surface area contributed by atoms with E-state index in [0.717, 1.165) is 11.1 Å². The van der Waals surface area contributed by atoms with Crippen molar-refractivity contribution in [3.8, 4) is 11.1 Å². The van der Waals surface area contributed by atoms with E-state index in [2.05, 4.69) is 20.7 Å². The lowest BCUT2D eigenvalue weighted by atomic mass is 10.00. The third-order valence-electron chi connectivity index (χ3n) is 7.21. The maximum absolute atomic E-state index is 13.5. The molecule has 0 bridgehead atoms. The Morgan fingerprint density at radius 3 is 2.73 bits per heavy atom. The van der Waals surface area contributed by atoms with Crippen LogP contribution in [0.3, 0.4) is 0 Å². The van der Waals surface area contributed by atoms with E-state index < -0.39 is 11.7 Å². The summed E-state index contributed by atoms with van der Waals surface area (Å²) in [6.45, 7) is 0.991. The van der Waals surface area contributed by atoms with Crippen LogP contribution >= 0.6 is 0 Å². The van der Waals surface area contributed by atoms with Gasteiger partial charge in [-0.05, 0) is 53.9 Å². The van der Waals surface area contributed by atoms with Crippen molar-refractivity contribution in [3.63, 3.8) is 0 Å². The van der Waals surface area contributed by atoms with Crippen molar-refractivity contribution in [1.82, 2.24) is 19.7 Å². The van der Waals surface area contributed by atoms with Gasteiger partial charge in [-0.3, -0.25) is 23.9 Å². The van der Waals surface area contributed by atoms with Crippen LogP contribution < -0.4 is 16.4 Å². The Kier molecular flexibility index (Phi) is 6.10. The van der Waals surface area contributed by atoms with Crippen molar-refractivity contribution in [1.29, 1.82) is 0 Å². The lowest BCUT2D eigenvalue weighted by Gasteiger charge is -2.17. The molecule has 4 N–H and O–H groups in total. The molecular formula is C29H25N7O4. The summed E-state index contributed by atoms with van der Waals surface area (Å²) >= 11 is 0. The summed E-state index contributed by atoms with van der Waals surface area (Å²) in [5.41, 5.74) is 10.3. The molecule has 2 aromatic heterocycles. The van der Waals surface area contributed by atoms with Gasteiger partial charge < -0.3 is 21.3 Å². The number of benzene rings is 2. The summed E-state index contributed by atoms with van der Waals surface area (Å²) in [5, 5.41) is 10.1. The molecule has 4 aromatic rings. The van der Waals surface area contributed by atoms with Crippen LogP contribution in [0.5, 0.6) is 0 Å². The first-order chi connectivity index (χ1) is 19.3. The van der Waals surface area contributed by atoms with E-state index in [1.807, 2.05) is 12.1 Å². The molecule has 0 spiro atoms. The molecule has 0 radical (unpaired) electrons. The Morgan fingerprint density at radius 1 is 1.07 bits per heavy atom. The number of ketones is 1. The molecule has 1 atom stereocenters. The number of fused-ring (bicyclic) bond motifs is 1. The number of hydrogen-bond donors (Lipinski definition) is 3. The zero-order chi connectivity index (χ0) is 28.0. The standard InChI is InChI=1S/C29H25N7O4/c1-35-15-23(33-27(38)21-6-3-10-31-26(21)30)24(34-35)19-9-11-36(14-19)29(40)18-5-2-4-16(12-18)17-7-8-20-22(13-17)32-28(39)25(20)37/h2-8,10,12-13,15,19H,9,11,14H2,1H3,(H2,30,31)(H,33,38)(H,32,37,39)/t19-/m1/s1. The van der Waals surface area contributed by atoms with Gasteiger partial charge >= 0.3 is 0 Å². The SMILES string of the molecule is Cn1cc(NC(=O)c2cccnc2N)c([C@@H]2CCN(C(=O)c3cccc(-c4ccc5c(c4)NC(=O)C5=O)c3)C2)n1. The molecule has 200 valence electrons. The number of hydrogen-bond acceptors (Lipinski definition) is 7. The lowest BCUT2D eigenvalue weighted by Crippen LogP contribution is -2.28. The number of likely N-dealkylation sites (tertiary alicyclic amines) is 1. The summed E-state index contributed by atoms with van der Waals surface area (Å²) in [5.74, 6) is -1.60. The number of aromatic nitrogens is 3. The predicted octanol–water partition coefficient (Wildman–Crippen LogP) is 3.08. The second kappa shape index (κ2) is 9.77. The monoisotopic (exact) mass is 535 g/mol. The Hall–Kier alpha value is -5.32. The zero-order valence-electron chi connectivity index (χ0n) is 21.5. The fraction of sp³-hybridized carbons (Fsp3) is 0.172. The van der Waals surface area contributed by atoms with Gasteiger partial charge in [0, 0.05) is 44.0 Å². The molecule has 11 nitrogen and oxygen atoms in total. The molecule has 1 saturated heterocycles. The number of nitrogens with two attached hydrogens (primary N) is 1. The molecular weight excluding hydrogens is 510 g/mol. The van der Waals surface area contributed by atoms with Crippen LogP contribution in [0, 0.1) is 0 Å². The number of Topliss-reactive ketones (excluding diaryl/α,β-unsaturated/α-hetero) is 1.